The molecule has 0 spiro atoms. The van der Waals surface area contributed by atoms with E-state index in [1.165, 1.54) is 5.56 Å². The van der Waals surface area contributed by atoms with Crippen molar-refractivity contribution < 1.29 is 4.79 Å². The van der Waals surface area contributed by atoms with Gasteiger partial charge in [0.2, 0.25) is 0 Å². The zero-order chi connectivity index (χ0) is 14.1. The molecule has 2 aromatic carbocycles. The van der Waals surface area contributed by atoms with Crippen molar-refractivity contribution in [2.75, 3.05) is 0 Å². The highest BCUT2D eigenvalue weighted by molar-refractivity contribution is 6.30. The number of carbonyl (C=O) groups is 1. The van der Waals surface area contributed by atoms with Gasteiger partial charge in [0.25, 0.3) is 0 Å². The number of aryl methyl sites for hydroxylation is 1. The Bertz CT molecular complexity index is 566. The van der Waals surface area contributed by atoms with Crippen LogP contribution in [0, 0.1) is 6.92 Å². The molecular formula is C16H15ClN2O. The van der Waals surface area contributed by atoms with Crippen LogP contribution in [0.5, 0.6) is 0 Å². The van der Waals surface area contributed by atoms with E-state index < -0.39 is 0 Å². The van der Waals surface area contributed by atoms with Crippen LogP contribution in [0.3, 0.4) is 0 Å². The van der Waals surface area contributed by atoms with Crippen LogP contribution in [0.2, 0.25) is 5.02 Å². The standard InChI is InChI=1S/C16H15ClN2O/c1-10-2-4-11(5-3-10)14-15(19-16(20)18-14)12-6-8-13(17)9-7-12/h2-9,14-15H,1H3,(H2,18,19,20)/t14-,15-/m0/s1. The van der Waals surface area contributed by atoms with Crippen LogP contribution in [-0.2, 0) is 0 Å². The molecule has 1 heterocycles. The lowest BCUT2D eigenvalue weighted by atomic mass is 9.94. The van der Waals surface area contributed by atoms with E-state index >= 15 is 0 Å². The largest absolute Gasteiger partial charge is 0.329 e. The number of benzene rings is 2. The van der Waals surface area contributed by atoms with Gasteiger partial charge in [0.15, 0.2) is 0 Å². The van der Waals surface area contributed by atoms with E-state index in [1.807, 2.05) is 31.2 Å². The predicted octanol–water partition coefficient (Wildman–Crippen LogP) is 3.74. The lowest BCUT2D eigenvalue weighted by molar-refractivity contribution is 0.247. The summed E-state index contributed by atoms with van der Waals surface area (Å²) in [5.41, 5.74) is 3.33. The summed E-state index contributed by atoms with van der Waals surface area (Å²) in [7, 11) is 0. The fourth-order valence-electron chi connectivity index (χ4n) is 2.49. The van der Waals surface area contributed by atoms with Crippen molar-refractivity contribution in [3.63, 3.8) is 0 Å². The third kappa shape index (κ3) is 2.49. The number of hydrogen-bond donors (Lipinski definition) is 2. The first-order valence-electron chi connectivity index (χ1n) is 6.52. The molecule has 102 valence electrons. The lowest BCUT2D eigenvalue weighted by Gasteiger charge is -2.19. The number of amides is 2. The average molecular weight is 287 g/mol. The van der Waals surface area contributed by atoms with E-state index in [2.05, 4.69) is 34.9 Å². The van der Waals surface area contributed by atoms with Crippen molar-refractivity contribution in [2.45, 2.75) is 19.0 Å². The Morgan fingerprint density at radius 2 is 1.30 bits per heavy atom. The molecule has 1 aliphatic rings. The van der Waals surface area contributed by atoms with E-state index in [-0.39, 0.29) is 18.1 Å². The van der Waals surface area contributed by atoms with Crippen LogP contribution < -0.4 is 10.6 Å². The van der Waals surface area contributed by atoms with E-state index in [0.717, 1.165) is 11.1 Å². The Kier molecular flexibility index (Phi) is 3.36. The minimum atomic E-state index is -0.143. The molecule has 2 amide bonds. The van der Waals surface area contributed by atoms with Gasteiger partial charge < -0.3 is 10.6 Å². The van der Waals surface area contributed by atoms with Crippen molar-refractivity contribution in [2.24, 2.45) is 0 Å². The van der Waals surface area contributed by atoms with E-state index in [0.29, 0.717) is 5.02 Å². The third-order valence-electron chi connectivity index (χ3n) is 3.57. The highest BCUT2D eigenvalue weighted by atomic mass is 35.5. The first-order valence-corrected chi connectivity index (χ1v) is 6.90. The first-order chi connectivity index (χ1) is 9.63. The summed E-state index contributed by atoms with van der Waals surface area (Å²) in [5, 5.41) is 6.62. The van der Waals surface area contributed by atoms with Gasteiger partial charge in [-0.05, 0) is 30.2 Å². The molecular weight excluding hydrogens is 272 g/mol. The van der Waals surface area contributed by atoms with Gasteiger partial charge in [-0.2, -0.15) is 0 Å². The number of rotatable bonds is 2. The molecule has 0 radical (unpaired) electrons. The summed E-state index contributed by atoms with van der Waals surface area (Å²) >= 11 is 5.91. The van der Waals surface area contributed by atoms with Gasteiger partial charge in [-0.1, -0.05) is 53.6 Å². The minimum absolute atomic E-state index is 0.0655. The zero-order valence-electron chi connectivity index (χ0n) is 11.1. The monoisotopic (exact) mass is 286 g/mol. The van der Waals surface area contributed by atoms with Crippen LogP contribution in [-0.4, -0.2) is 6.03 Å². The molecule has 0 unspecified atom stereocenters. The second kappa shape index (κ2) is 5.17. The van der Waals surface area contributed by atoms with Gasteiger partial charge in [-0.25, -0.2) is 4.79 Å². The zero-order valence-corrected chi connectivity index (χ0v) is 11.8. The molecule has 20 heavy (non-hydrogen) atoms. The highest BCUT2D eigenvalue weighted by Crippen LogP contribution is 2.32. The van der Waals surface area contributed by atoms with Crippen LogP contribution in [0.1, 0.15) is 28.8 Å². The predicted molar refractivity (Wildman–Crippen MR) is 79.8 cm³/mol. The Hall–Kier alpha value is -2.00. The van der Waals surface area contributed by atoms with Crippen molar-refractivity contribution in [1.82, 2.24) is 10.6 Å². The summed E-state index contributed by atoms with van der Waals surface area (Å²) < 4.78 is 0. The number of halogens is 1. The number of carbonyl (C=O) groups excluding carboxylic acids is 1. The molecule has 3 nitrogen and oxygen atoms in total. The van der Waals surface area contributed by atoms with Crippen LogP contribution >= 0.6 is 11.6 Å². The summed E-state index contributed by atoms with van der Waals surface area (Å²) in [6.45, 7) is 2.05. The SMILES string of the molecule is Cc1ccc([C@@H]2NC(=O)N[C@H]2c2ccc(Cl)cc2)cc1. The van der Waals surface area contributed by atoms with Crippen molar-refractivity contribution in [3.8, 4) is 0 Å². The Morgan fingerprint density at radius 3 is 1.80 bits per heavy atom. The average Bonchev–Trinajstić information content (AvgIpc) is 2.82. The molecule has 1 saturated heterocycles. The quantitative estimate of drug-likeness (QED) is 0.867. The maximum atomic E-state index is 11.7. The number of urea groups is 1. The van der Waals surface area contributed by atoms with E-state index in [4.69, 9.17) is 11.6 Å². The maximum Gasteiger partial charge on any atom is 0.315 e. The molecule has 3 rings (SSSR count). The first kappa shape index (κ1) is 13.0. The van der Waals surface area contributed by atoms with Gasteiger partial charge in [0.05, 0.1) is 12.1 Å². The van der Waals surface area contributed by atoms with Crippen molar-refractivity contribution in [1.29, 1.82) is 0 Å². The molecule has 1 aliphatic heterocycles. The smallest absolute Gasteiger partial charge is 0.315 e. The van der Waals surface area contributed by atoms with Crippen molar-refractivity contribution >= 4 is 17.6 Å². The molecule has 2 aromatic rings. The molecule has 2 N–H and O–H groups in total. The number of nitrogens with one attached hydrogen (secondary N) is 2. The maximum absolute atomic E-state index is 11.7. The normalized spacial score (nSPS) is 21.4. The third-order valence-corrected chi connectivity index (χ3v) is 3.82. The van der Waals surface area contributed by atoms with Crippen LogP contribution in [0.4, 0.5) is 4.79 Å². The molecule has 1 fully saturated rings. The molecule has 0 bridgehead atoms. The molecule has 2 atom stereocenters. The second-order valence-electron chi connectivity index (χ2n) is 5.04. The number of hydrogen-bond acceptors (Lipinski definition) is 1. The van der Waals surface area contributed by atoms with Gasteiger partial charge in [-0.3, -0.25) is 0 Å². The van der Waals surface area contributed by atoms with Gasteiger partial charge in [-0.15, -0.1) is 0 Å². The van der Waals surface area contributed by atoms with E-state index in [9.17, 15) is 4.79 Å². The molecule has 4 heteroatoms. The fourth-order valence-corrected chi connectivity index (χ4v) is 2.61. The Balaban J connectivity index is 1.94. The van der Waals surface area contributed by atoms with Crippen LogP contribution in [0.15, 0.2) is 48.5 Å². The van der Waals surface area contributed by atoms with E-state index in [1.54, 1.807) is 0 Å². The molecule has 0 saturated carbocycles. The topological polar surface area (TPSA) is 41.1 Å². The molecule has 0 aromatic heterocycles. The van der Waals surface area contributed by atoms with Gasteiger partial charge >= 0.3 is 6.03 Å². The summed E-state index contributed by atoms with van der Waals surface area (Å²) in [4.78, 5) is 11.7. The Labute approximate surface area is 123 Å². The Morgan fingerprint density at radius 1 is 0.850 bits per heavy atom. The summed E-state index contributed by atoms with van der Waals surface area (Å²) in [6.07, 6.45) is 0. The van der Waals surface area contributed by atoms with Crippen molar-refractivity contribution in [3.05, 3.63) is 70.2 Å². The highest BCUT2D eigenvalue weighted by Gasteiger charge is 2.33. The summed E-state index contributed by atoms with van der Waals surface area (Å²) in [5.74, 6) is 0. The lowest BCUT2D eigenvalue weighted by Crippen LogP contribution is -2.21. The minimum Gasteiger partial charge on any atom is -0.329 e. The van der Waals surface area contributed by atoms with Gasteiger partial charge in [0, 0.05) is 5.02 Å². The fraction of sp³-hybridized carbons (Fsp3) is 0.188. The van der Waals surface area contributed by atoms with Crippen LogP contribution in [0.25, 0.3) is 0 Å². The molecule has 0 aliphatic carbocycles. The summed E-state index contributed by atoms with van der Waals surface area (Å²) in [6, 6.07) is 15.5. The van der Waals surface area contributed by atoms with Gasteiger partial charge in [0.1, 0.15) is 0 Å². The second-order valence-corrected chi connectivity index (χ2v) is 5.47.